The minimum absolute atomic E-state index is 0.0924. The summed E-state index contributed by atoms with van der Waals surface area (Å²) in [4.78, 5) is 27.7. The molecule has 0 spiro atoms. The van der Waals surface area contributed by atoms with Crippen molar-refractivity contribution in [1.82, 2.24) is 14.5 Å². The number of H-pyrrole nitrogens is 1. The molecule has 1 aliphatic heterocycles. The molecular formula is C10H14ClN3O2. The van der Waals surface area contributed by atoms with Gasteiger partial charge in [0, 0.05) is 19.2 Å². The van der Waals surface area contributed by atoms with Crippen molar-refractivity contribution in [1.29, 1.82) is 0 Å². The van der Waals surface area contributed by atoms with E-state index in [2.05, 4.69) is 9.88 Å². The number of hydrogen-bond acceptors (Lipinski definition) is 3. The highest BCUT2D eigenvalue weighted by molar-refractivity contribution is 6.29. The second kappa shape index (κ2) is 4.43. The summed E-state index contributed by atoms with van der Waals surface area (Å²) in [6.07, 6.45) is 1.02. The highest BCUT2D eigenvalue weighted by atomic mass is 35.5. The van der Waals surface area contributed by atoms with Crippen LogP contribution in [0, 0.1) is 5.92 Å². The summed E-state index contributed by atoms with van der Waals surface area (Å²) >= 11 is 5.58. The molecule has 1 saturated heterocycles. The van der Waals surface area contributed by atoms with Crippen LogP contribution >= 0.6 is 11.6 Å². The Hall–Kier alpha value is -1.07. The summed E-state index contributed by atoms with van der Waals surface area (Å²) in [5.41, 5.74) is -0.754. The largest absolute Gasteiger partial charge is 0.329 e. The van der Waals surface area contributed by atoms with E-state index in [0.717, 1.165) is 19.5 Å². The second-order valence-corrected chi connectivity index (χ2v) is 4.70. The zero-order chi connectivity index (χ0) is 11.7. The molecule has 0 bridgehead atoms. The first-order valence-electron chi connectivity index (χ1n) is 5.24. The number of aromatic amines is 1. The molecule has 2 heterocycles. The molecule has 1 N–H and O–H groups in total. The van der Waals surface area contributed by atoms with E-state index < -0.39 is 5.69 Å². The highest BCUT2D eigenvalue weighted by Gasteiger charge is 2.20. The molecule has 0 amide bonds. The average Bonchev–Trinajstić information content (AvgIpc) is 2.58. The van der Waals surface area contributed by atoms with Crippen LogP contribution in [-0.2, 0) is 6.54 Å². The van der Waals surface area contributed by atoms with Crippen LogP contribution in [0.15, 0.2) is 15.7 Å². The fourth-order valence-electron chi connectivity index (χ4n) is 2.10. The minimum Gasteiger partial charge on any atom is -0.306 e. The third kappa shape index (κ3) is 2.36. The monoisotopic (exact) mass is 243 g/mol. The Morgan fingerprint density at radius 3 is 2.88 bits per heavy atom. The predicted octanol–water partition coefficient (Wildman–Crippen LogP) is 0.142. The highest BCUT2D eigenvalue weighted by Crippen LogP contribution is 2.14. The maximum absolute atomic E-state index is 11.6. The van der Waals surface area contributed by atoms with Crippen molar-refractivity contribution in [3.63, 3.8) is 0 Å². The van der Waals surface area contributed by atoms with Crippen molar-refractivity contribution in [3.05, 3.63) is 32.1 Å². The second-order valence-electron chi connectivity index (χ2n) is 4.29. The summed E-state index contributed by atoms with van der Waals surface area (Å²) in [6, 6.07) is 1.24. The Morgan fingerprint density at radius 1 is 1.56 bits per heavy atom. The molecule has 6 heteroatoms. The van der Waals surface area contributed by atoms with Crippen molar-refractivity contribution in [2.45, 2.75) is 13.0 Å². The van der Waals surface area contributed by atoms with Crippen LogP contribution in [0.5, 0.6) is 0 Å². The lowest BCUT2D eigenvalue weighted by molar-refractivity contribution is 0.372. The van der Waals surface area contributed by atoms with Crippen LogP contribution in [0.25, 0.3) is 0 Å². The van der Waals surface area contributed by atoms with Crippen LogP contribution < -0.4 is 11.2 Å². The molecule has 1 aromatic rings. The van der Waals surface area contributed by atoms with Crippen molar-refractivity contribution in [3.8, 4) is 0 Å². The van der Waals surface area contributed by atoms with E-state index in [1.54, 1.807) is 0 Å². The third-order valence-corrected chi connectivity index (χ3v) is 3.12. The predicted molar refractivity (Wildman–Crippen MR) is 61.9 cm³/mol. The van der Waals surface area contributed by atoms with Crippen LogP contribution in [0.4, 0.5) is 0 Å². The van der Waals surface area contributed by atoms with Crippen molar-refractivity contribution < 1.29 is 0 Å². The molecule has 0 radical (unpaired) electrons. The van der Waals surface area contributed by atoms with Gasteiger partial charge >= 0.3 is 5.69 Å². The maximum Gasteiger partial charge on any atom is 0.329 e. The van der Waals surface area contributed by atoms with E-state index in [0.29, 0.717) is 12.5 Å². The normalized spacial score (nSPS) is 21.5. The van der Waals surface area contributed by atoms with Crippen molar-refractivity contribution in [2.75, 3.05) is 20.1 Å². The molecule has 16 heavy (non-hydrogen) atoms. The Balaban J connectivity index is 2.22. The zero-order valence-electron chi connectivity index (χ0n) is 9.07. The van der Waals surface area contributed by atoms with Gasteiger partial charge in [0.2, 0.25) is 0 Å². The van der Waals surface area contributed by atoms with Gasteiger partial charge in [0.05, 0.1) is 0 Å². The van der Waals surface area contributed by atoms with E-state index >= 15 is 0 Å². The molecule has 0 aromatic carbocycles. The number of rotatable bonds is 2. The summed E-state index contributed by atoms with van der Waals surface area (Å²) in [7, 11) is 2.04. The van der Waals surface area contributed by atoms with Gasteiger partial charge in [-0.3, -0.25) is 14.3 Å². The summed E-state index contributed by atoms with van der Waals surface area (Å²) in [5, 5.41) is 0.0924. The van der Waals surface area contributed by atoms with Gasteiger partial charge < -0.3 is 4.90 Å². The molecule has 1 aromatic heterocycles. The molecule has 1 atom stereocenters. The Labute approximate surface area is 97.7 Å². The van der Waals surface area contributed by atoms with Gasteiger partial charge in [-0.1, -0.05) is 11.6 Å². The summed E-state index contributed by atoms with van der Waals surface area (Å²) in [5.74, 6) is 0.366. The Morgan fingerprint density at radius 2 is 2.31 bits per heavy atom. The van der Waals surface area contributed by atoms with Gasteiger partial charge in [0.15, 0.2) is 0 Å². The first-order valence-corrected chi connectivity index (χ1v) is 5.62. The van der Waals surface area contributed by atoms with Crippen molar-refractivity contribution >= 4 is 11.6 Å². The van der Waals surface area contributed by atoms with Crippen LogP contribution in [-0.4, -0.2) is 34.6 Å². The molecule has 5 nitrogen and oxygen atoms in total. The Bertz CT molecular complexity index is 462. The Kier molecular flexibility index (Phi) is 3.16. The topological polar surface area (TPSA) is 58.1 Å². The zero-order valence-corrected chi connectivity index (χ0v) is 9.83. The maximum atomic E-state index is 11.6. The van der Waals surface area contributed by atoms with Crippen molar-refractivity contribution in [2.24, 2.45) is 5.92 Å². The molecule has 2 rings (SSSR count). The van der Waals surface area contributed by atoms with E-state index in [1.165, 1.54) is 10.6 Å². The lowest BCUT2D eigenvalue weighted by Gasteiger charge is -2.11. The smallest absolute Gasteiger partial charge is 0.306 e. The third-order valence-electron chi connectivity index (χ3n) is 2.92. The van der Waals surface area contributed by atoms with Gasteiger partial charge in [0.25, 0.3) is 5.56 Å². The van der Waals surface area contributed by atoms with Gasteiger partial charge in [-0.25, -0.2) is 4.79 Å². The first kappa shape index (κ1) is 11.4. The van der Waals surface area contributed by atoms with E-state index in [1.807, 2.05) is 7.05 Å². The summed E-state index contributed by atoms with van der Waals surface area (Å²) in [6.45, 7) is 2.41. The SMILES string of the molecule is CN1CCC(Cn2c(=O)cc(Cl)[nH]c2=O)C1. The molecule has 0 saturated carbocycles. The molecule has 1 unspecified atom stereocenters. The number of hydrogen-bond donors (Lipinski definition) is 1. The van der Waals surface area contributed by atoms with Gasteiger partial charge in [0.1, 0.15) is 5.15 Å². The number of aromatic nitrogens is 2. The van der Waals surface area contributed by atoms with E-state index in [-0.39, 0.29) is 10.7 Å². The number of nitrogens with one attached hydrogen (secondary N) is 1. The van der Waals surface area contributed by atoms with E-state index in [4.69, 9.17) is 11.6 Å². The number of halogens is 1. The molecular weight excluding hydrogens is 230 g/mol. The molecule has 1 aliphatic rings. The van der Waals surface area contributed by atoms with E-state index in [9.17, 15) is 9.59 Å². The fourth-order valence-corrected chi connectivity index (χ4v) is 2.27. The quantitative estimate of drug-likeness (QED) is 0.752. The lowest BCUT2D eigenvalue weighted by atomic mass is 10.1. The molecule has 1 fully saturated rings. The summed E-state index contributed by atoms with van der Waals surface area (Å²) < 4.78 is 1.22. The minimum atomic E-state index is -0.424. The lowest BCUT2D eigenvalue weighted by Crippen LogP contribution is -2.37. The van der Waals surface area contributed by atoms with Gasteiger partial charge in [-0.05, 0) is 25.9 Å². The van der Waals surface area contributed by atoms with Gasteiger partial charge in [-0.15, -0.1) is 0 Å². The number of nitrogens with zero attached hydrogens (tertiary/aromatic N) is 2. The average molecular weight is 244 g/mol. The van der Waals surface area contributed by atoms with Crippen LogP contribution in [0.1, 0.15) is 6.42 Å². The van der Waals surface area contributed by atoms with Crippen LogP contribution in [0.3, 0.4) is 0 Å². The standard InChI is InChI=1S/C10H14ClN3O2/c1-13-3-2-7(5-13)6-14-9(15)4-8(11)12-10(14)16/h4,7H,2-3,5-6H2,1H3,(H,12,16). The van der Waals surface area contributed by atoms with Gasteiger partial charge in [-0.2, -0.15) is 0 Å². The fraction of sp³-hybridized carbons (Fsp3) is 0.600. The molecule has 88 valence electrons. The number of likely N-dealkylation sites (tertiary alicyclic amines) is 1. The van der Waals surface area contributed by atoms with Crippen LogP contribution in [0.2, 0.25) is 5.15 Å². The molecule has 0 aliphatic carbocycles. The first-order chi connectivity index (χ1) is 7.56.